The van der Waals surface area contributed by atoms with Crippen LogP contribution in [0.25, 0.3) is 10.9 Å². The molecule has 168 valence electrons. The Morgan fingerprint density at radius 2 is 1.84 bits per heavy atom. The van der Waals surface area contributed by atoms with Crippen LogP contribution in [0, 0.1) is 17.8 Å². The van der Waals surface area contributed by atoms with Crippen LogP contribution < -0.4 is 10.9 Å². The Kier molecular flexibility index (Phi) is 4.46. The molecule has 7 heteroatoms. The van der Waals surface area contributed by atoms with E-state index in [9.17, 15) is 14.4 Å². The van der Waals surface area contributed by atoms with Crippen molar-refractivity contribution < 1.29 is 14.3 Å². The van der Waals surface area contributed by atoms with Crippen LogP contribution in [-0.2, 0) is 22.5 Å². The summed E-state index contributed by atoms with van der Waals surface area (Å²) in [6.45, 7) is 2.32. The molecule has 4 aliphatic carbocycles. The van der Waals surface area contributed by atoms with Crippen molar-refractivity contribution in [3.05, 3.63) is 39.9 Å². The second kappa shape index (κ2) is 7.15. The Balaban J connectivity index is 1.16. The fourth-order valence-corrected chi connectivity index (χ4v) is 7.12. The van der Waals surface area contributed by atoms with Crippen molar-refractivity contribution >= 4 is 22.8 Å². The van der Waals surface area contributed by atoms with Crippen molar-refractivity contribution in [3.63, 3.8) is 0 Å². The van der Waals surface area contributed by atoms with E-state index in [0.717, 1.165) is 55.7 Å². The van der Waals surface area contributed by atoms with Gasteiger partial charge < -0.3 is 10.1 Å². The molecule has 0 spiro atoms. The van der Waals surface area contributed by atoms with Crippen molar-refractivity contribution in [2.75, 3.05) is 0 Å². The van der Waals surface area contributed by atoms with E-state index in [0.29, 0.717) is 23.0 Å². The molecule has 7 nitrogen and oxygen atoms in total. The minimum Gasteiger partial charge on any atom is -0.449 e. The highest BCUT2D eigenvalue weighted by Gasteiger charge is 2.51. The number of carbonyl (C=O) groups excluding carboxylic acids is 2. The lowest BCUT2D eigenvalue weighted by Crippen LogP contribution is -2.61. The van der Waals surface area contributed by atoms with E-state index in [-0.39, 0.29) is 17.0 Å². The fourth-order valence-electron chi connectivity index (χ4n) is 7.12. The fraction of sp³-hybridized carbons (Fsp3) is 0.600. The van der Waals surface area contributed by atoms with Crippen LogP contribution in [0.15, 0.2) is 23.0 Å². The van der Waals surface area contributed by atoms with Gasteiger partial charge in [-0.2, -0.15) is 0 Å². The normalized spacial score (nSPS) is 30.8. The number of nitrogens with zero attached hydrogens (tertiary/aromatic N) is 2. The molecule has 0 saturated heterocycles. The molecular weight excluding hydrogens is 406 g/mol. The van der Waals surface area contributed by atoms with E-state index in [2.05, 4.69) is 10.3 Å². The Hall–Kier alpha value is -2.70. The first kappa shape index (κ1) is 19.9. The Morgan fingerprint density at radius 3 is 2.53 bits per heavy atom. The minimum absolute atomic E-state index is 0.0641. The van der Waals surface area contributed by atoms with Crippen LogP contribution in [-0.4, -0.2) is 33.1 Å². The zero-order valence-corrected chi connectivity index (χ0v) is 18.4. The van der Waals surface area contributed by atoms with E-state index in [1.54, 1.807) is 29.7 Å². The van der Waals surface area contributed by atoms with E-state index in [4.69, 9.17) is 4.74 Å². The molecule has 32 heavy (non-hydrogen) atoms. The minimum atomic E-state index is -0.871. The zero-order valence-electron chi connectivity index (χ0n) is 18.4. The molecule has 1 aromatic carbocycles. The van der Waals surface area contributed by atoms with Gasteiger partial charge in [0, 0.05) is 18.5 Å². The highest BCUT2D eigenvalue weighted by atomic mass is 16.5. The van der Waals surface area contributed by atoms with E-state index in [1.807, 2.05) is 0 Å². The van der Waals surface area contributed by atoms with Gasteiger partial charge >= 0.3 is 5.97 Å². The van der Waals surface area contributed by atoms with Crippen molar-refractivity contribution in [3.8, 4) is 0 Å². The molecule has 5 aliphatic rings. The summed E-state index contributed by atoms with van der Waals surface area (Å²) < 4.78 is 7.23. The first-order valence-corrected chi connectivity index (χ1v) is 12.0. The van der Waals surface area contributed by atoms with E-state index >= 15 is 0 Å². The Labute approximate surface area is 186 Å². The van der Waals surface area contributed by atoms with Crippen LogP contribution in [0.2, 0.25) is 0 Å². The van der Waals surface area contributed by atoms with Gasteiger partial charge in [0.1, 0.15) is 5.82 Å². The molecule has 1 unspecified atom stereocenters. The predicted molar refractivity (Wildman–Crippen MR) is 118 cm³/mol. The lowest BCUT2D eigenvalue weighted by molar-refractivity contribution is -0.134. The van der Waals surface area contributed by atoms with Gasteiger partial charge in [-0.1, -0.05) is 0 Å². The summed E-state index contributed by atoms with van der Waals surface area (Å²) in [5.74, 6) is 2.18. The third kappa shape index (κ3) is 3.24. The molecule has 1 amide bonds. The van der Waals surface area contributed by atoms with Crippen LogP contribution in [0.5, 0.6) is 0 Å². The second-order valence-electron chi connectivity index (χ2n) is 10.6. The zero-order chi connectivity index (χ0) is 22.0. The van der Waals surface area contributed by atoms with Gasteiger partial charge in [-0.25, -0.2) is 9.78 Å². The molecule has 1 atom stereocenters. The molecular formula is C25H29N3O4. The molecule has 1 aromatic heterocycles. The number of esters is 1. The molecule has 4 fully saturated rings. The molecule has 7 rings (SSSR count). The van der Waals surface area contributed by atoms with Crippen molar-refractivity contribution in [2.45, 2.75) is 76.5 Å². The summed E-state index contributed by atoms with van der Waals surface area (Å²) in [6, 6.07) is 4.81. The van der Waals surface area contributed by atoms with Gasteiger partial charge in [0.2, 0.25) is 0 Å². The van der Waals surface area contributed by atoms with Gasteiger partial charge in [0.15, 0.2) is 6.10 Å². The summed E-state index contributed by atoms with van der Waals surface area (Å²) in [6.07, 6.45) is 7.90. The summed E-state index contributed by atoms with van der Waals surface area (Å²) in [5, 5.41) is 3.77. The number of amides is 1. The SMILES string of the molecule is CC(OC(=O)c1ccc2c(=O)n3c(nc2c1)CCC3)C(=O)NC12CC3CC(CC(C3)C1)C2. The third-order valence-corrected chi connectivity index (χ3v) is 8.13. The maximum atomic E-state index is 12.9. The van der Waals surface area contributed by atoms with Crippen LogP contribution >= 0.6 is 0 Å². The number of hydrogen-bond acceptors (Lipinski definition) is 5. The average Bonchev–Trinajstić information content (AvgIpc) is 3.21. The monoisotopic (exact) mass is 435 g/mol. The van der Waals surface area contributed by atoms with Gasteiger partial charge in [-0.15, -0.1) is 0 Å². The number of benzene rings is 1. The number of nitrogens with one attached hydrogen (secondary N) is 1. The first-order valence-electron chi connectivity index (χ1n) is 12.0. The van der Waals surface area contributed by atoms with Crippen LogP contribution in [0.4, 0.5) is 0 Å². The maximum absolute atomic E-state index is 12.9. The van der Waals surface area contributed by atoms with Crippen LogP contribution in [0.3, 0.4) is 0 Å². The number of rotatable bonds is 4. The van der Waals surface area contributed by atoms with Gasteiger partial charge in [-0.3, -0.25) is 14.2 Å². The second-order valence-corrected chi connectivity index (χ2v) is 10.6. The highest BCUT2D eigenvalue weighted by molar-refractivity contribution is 5.95. The van der Waals surface area contributed by atoms with Crippen LogP contribution in [0.1, 0.15) is 68.1 Å². The number of aryl methyl sites for hydroxylation is 1. The highest BCUT2D eigenvalue weighted by Crippen LogP contribution is 2.55. The predicted octanol–water partition coefficient (Wildman–Crippen LogP) is 2.97. The van der Waals surface area contributed by atoms with Crippen molar-refractivity contribution in [1.82, 2.24) is 14.9 Å². The number of carbonyl (C=O) groups is 2. The topological polar surface area (TPSA) is 90.3 Å². The standard InChI is InChI=1S/C25H29N3O4/c1-14(22(29)27-25-11-15-7-16(12-25)9-17(8-15)13-25)32-24(31)18-4-5-19-20(10-18)26-21-3-2-6-28(21)23(19)30/h4-5,10,14-17H,2-3,6-9,11-13H2,1H3,(H,27,29). The number of aromatic nitrogens is 2. The van der Waals surface area contributed by atoms with Crippen molar-refractivity contribution in [2.24, 2.45) is 17.8 Å². The van der Waals surface area contributed by atoms with E-state index in [1.165, 1.54) is 19.3 Å². The summed E-state index contributed by atoms with van der Waals surface area (Å²) in [5.41, 5.74) is 0.637. The lowest BCUT2D eigenvalue weighted by atomic mass is 9.53. The average molecular weight is 436 g/mol. The van der Waals surface area contributed by atoms with Gasteiger partial charge in [0.25, 0.3) is 11.5 Å². The summed E-state index contributed by atoms with van der Waals surface area (Å²) >= 11 is 0. The summed E-state index contributed by atoms with van der Waals surface area (Å²) in [7, 11) is 0. The van der Waals surface area contributed by atoms with Gasteiger partial charge in [-0.05, 0) is 87.8 Å². The molecule has 1 aliphatic heterocycles. The molecule has 4 bridgehead atoms. The summed E-state index contributed by atoms with van der Waals surface area (Å²) in [4.78, 5) is 42.9. The Morgan fingerprint density at radius 1 is 1.16 bits per heavy atom. The molecule has 0 radical (unpaired) electrons. The smallest absolute Gasteiger partial charge is 0.338 e. The molecule has 4 saturated carbocycles. The number of hydrogen-bond donors (Lipinski definition) is 1. The maximum Gasteiger partial charge on any atom is 0.338 e. The quantitative estimate of drug-likeness (QED) is 0.746. The first-order chi connectivity index (χ1) is 15.4. The van der Waals surface area contributed by atoms with E-state index < -0.39 is 12.1 Å². The van der Waals surface area contributed by atoms with Crippen molar-refractivity contribution in [1.29, 1.82) is 0 Å². The third-order valence-electron chi connectivity index (χ3n) is 8.13. The van der Waals surface area contributed by atoms with Gasteiger partial charge in [0.05, 0.1) is 16.5 Å². The molecule has 2 heterocycles. The Bertz CT molecular complexity index is 1150. The molecule has 2 aromatic rings. The number of fused-ring (bicyclic) bond motifs is 2. The molecule has 1 N–H and O–H groups in total. The lowest BCUT2D eigenvalue weighted by Gasteiger charge is -2.57. The largest absolute Gasteiger partial charge is 0.449 e. The number of ether oxygens (including phenoxy) is 1.